The lowest BCUT2D eigenvalue weighted by Gasteiger charge is -2.26. The average Bonchev–Trinajstić information content (AvgIpc) is 2.36. The molecule has 1 heterocycles. The van der Waals surface area contributed by atoms with Crippen molar-refractivity contribution in [1.82, 2.24) is 4.98 Å². The Balaban J connectivity index is 2.66. The van der Waals surface area contributed by atoms with Crippen LogP contribution in [0.25, 0.3) is 11.3 Å². The molecule has 0 aliphatic carbocycles. The first kappa shape index (κ1) is 15.6. The molecule has 0 saturated carbocycles. The zero-order chi connectivity index (χ0) is 15.6. The van der Waals surface area contributed by atoms with Crippen molar-refractivity contribution >= 4 is 14.7 Å². The number of anilines is 1. The average molecular weight is 300 g/mol. The Kier molecular flexibility index (Phi) is 4.37. The Labute approximate surface area is 128 Å². The van der Waals surface area contributed by atoms with Crippen molar-refractivity contribution in [3.05, 3.63) is 42.1 Å². The van der Waals surface area contributed by atoms with Gasteiger partial charge in [0.2, 0.25) is 9.04 Å². The van der Waals surface area contributed by atoms with Crippen molar-refractivity contribution in [3.8, 4) is 17.0 Å². The highest BCUT2D eigenvalue weighted by atomic mass is 28.3. The predicted molar refractivity (Wildman–Crippen MR) is 92.3 cm³/mol. The van der Waals surface area contributed by atoms with E-state index in [0.29, 0.717) is 0 Å². The fourth-order valence-electron chi connectivity index (χ4n) is 2.43. The van der Waals surface area contributed by atoms with Crippen LogP contribution in [0.15, 0.2) is 36.5 Å². The summed E-state index contributed by atoms with van der Waals surface area (Å²) in [7, 11) is -1.17. The molecule has 3 nitrogen and oxygen atoms in total. The molecule has 2 aromatic rings. The Hall–Kier alpha value is -1.81. The molecule has 0 spiro atoms. The molecule has 0 amide bonds. The highest BCUT2D eigenvalue weighted by Gasteiger charge is 2.25. The summed E-state index contributed by atoms with van der Waals surface area (Å²) in [4.78, 5) is 4.60. The lowest BCUT2D eigenvalue weighted by molar-refractivity contribution is 0.519. The number of hydrogen-bond acceptors (Lipinski definition) is 3. The molecule has 0 saturated heterocycles. The van der Waals surface area contributed by atoms with Gasteiger partial charge >= 0.3 is 0 Å². The molecule has 1 aromatic heterocycles. The molecule has 2 rings (SSSR count). The van der Waals surface area contributed by atoms with Crippen LogP contribution in [0.3, 0.4) is 0 Å². The fourth-order valence-corrected chi connectivity index (χ4v) is 3.13. The maximum atomic E-state index is 6.13. The van der Waals surface area contributed by atoms with Crippen molar-refractivity contribution in [1.29, 1.82) is 0 Å². The Bertz CT molecular complexity index is 633. The van der Waals surface area contributed by atoms with Crippen LogP contribution in [0, 0.1) is 0 Å². The van der Waals surface area contributed by atoms with E-state index in [1.807, 2.05) is 36.5 Å². The van der Waals surface area contributed by atoms with Crippen LogP contribution < -0.4 is 10.2 Å². The topological polar surface area (TPSA) is 48.1 Å². The summed E-state index contributed by atoms with van der Waals surface area (Å²) in [5.41, 5.74) is 9.77. The van der Waals surface area contributed by atoms with Crippen molar-refractivity contribution in [3.63, 3.8) is 0 Å². The van der Waals surface area contributed by atoms with Crippen molar-refractivity contribution in [2.45, 2.75) is 39.3 Å². The normalized spacial score (nSPS) is 11.7. The molecule has 1 aromatic carbocycles. The molecular weight excluding hydrogens is 276 g/mol. The molecule has 4 heteroatoms. The summed E-state index contributed by atoms with van der Waals surface area (Å²) < 4.78 is 6.13. The van der Waals surface area contributed by atoms with E-state index in [1.54, 1.807) is 0 Å². The molecular formula is C17H24N2OSi. The van der Waals surface area contributed by atoms with Crippen LogP contribution in [0.4, 0.5) is 5.69 Å². The molecule has 0 unspecified atom stereocenters. The second-order valence-electron chi connectivity index (χ2n) is 6.57. The zero-order valence-electron chi connectivity index (χ0n) is 13.5. The van der Waals surface area contributed by atoms with Gasteiger partial charge in [-0.05, 0) is 36.7 Å². The summed E-state index contributed by atoms with van der Waals surface area (Å²) in [6.07, 6.45) is 1.82. The summed E-state index contributed by atoms with van der Waals surface area (Å²) in [5.74, 6) is 0.955. The minimum atomic E-state index is -1.17. The van der Waals surface area contributed by atoms with Gasteiger partial charge in [0.1, 0.15) is 5.75 Å². The van der Waals surface area contributed by atoms with E-state index >= 15 is 0 Å². The molecule has 0 atom stereocenters. The van der Waals surface area contributed by atoms with E-state index in [9.17, 15) is 0 Å². The quantitative estimate of drug-likeness (QED) is 0.688. The lowest BCUT2D eigenvalue weighted by Crippen LogP contribution is -2.19. The monoisotopic (exact) mass is 300 g/mol. The third kappa shape index (κ3) is 3.64. The van der Waals surface area contributed by atoms with Gasteiger partial charge in [-0.3, -0.25) is 4.98 Å². The summed E-state index contributed by atoms with van der Waals surface area (Å²) in [6, 6.07) is 9.84. The number of benzene rings is 1. The van der Waals surface area contributed by atoms with E-state index in [4.69, 9.17) is 10.2 Å². The third-order valence-electron chi connectivity index (χ3n) is 3.19. The van der Waals surface area contributed by atoms with E-state index in [-0.39, 0.29) is 5.41 Å². The molecule has 21 heavy (non-hydrogen) atoms. The molecule has 0 bridgehead atoms. The van der Waals surface area contributed by atoms with Crippen LogP contribution in [-0.4, -0.2) is 14.0 Å². The van der Waals surface area contributed by atoms with Gasteiger partial charge in [-0.1, -0.05) is 32.9 Å². The van der Waals surface area contributed by atoms with Crippen molar-refractivity contribution < 1.29 is 4.43 Å². The maximum absolute atomic E-state index is 6.13. The zero-order valence-corrected chi connectivity index (χ0v) is 14.6. The summed E-state index contributed by atoms with van der Waals surface area (Å²) in [5, 5.41) is 0. The molecule has 0 fully saturated rings. The number of nitrogens with two attached hydrogens (primary N) is 1. The third-order valence-corrected chi connectivity index (χ3v) is 3.91. The van der Waals surface area contributed by atoms with Gasteiger partial charge in [-0.2, -0.15) is 0 Å². The Morgan fingerprint density at radius 1 is 1.14 bits per heavy atom. The van der Waals surface area contributed by atoms with Crippen molar-refractivity contribution in [2.24, 2.45) is 0 Å². The number of hydrogen-bond donors (Lipinski definition) is 1. The van der Waals surface area contributed by atoms with E-state index in [1.165, 1.54) is 0 Å². The standard InChI is InChI=1S/C17H24N2OSi/c1-17(2,3)15-14(20-21(4)5)9-10-19-16(15)12-7-6-8-13(18)11-12/h6-11,21H,18H2,1-5H3. The van der Waals surface area contributed by atoms with Crippen LogP contribution in [0.1, 0.15) is 26.3 Å². The summed E-state index contributed by atoms with van der Waals surface area (Å²) in [6.45, 7) is 10.9. The van der Waals surface area contributed by atoms with Crippen LogP contribution in [-0.2, 0) is 5.41 Å². The first-order valence-electron chi connectivity index (χ1n) is 7.31. The minimum Gasteiger partial charge on any atom is -0.547 e. The molecule has 112 valence electrons. The second kappa shape index (κ2) is 5.90. The smallest absolute Gasteiger partial charge is 0.229 e. The number of pyridine rings is 1. The van der Waals surface area contributed by atoms with Gasteiger partial charge in [0, 0.05) is 23.0 Å². The predicted octanol–water partition coefficient (Wildman–Crippen LogP) is 3.99. The highest BCUT2D eigenvalue weighted by molar-refractivity contribution is 6.49. The second-order valence-corrected chi connectivity index (χ2v) is 8.91. The first-order chi connectivity index (χ1) is 9.79. The van der Waals surface area contributed by atoms with Crippen LogP contribution in [0.2, 0.25) is 13.1 Å². The number of aromatic nitrogens is 1. The van der Waals surface area contributed by atoms with Gasteiger partial charge in [0.15, 0.2) is 0 Å². The number of nitrogen functional groups attached to an aromatic ring is 1. The largest absolute Gasteiger partial charge is 0.547 e. The van der Waals surface area contributed by atoms with E-state index in [0.717, 1.165) is 28.3 Å². The fraction of sp³-hybridized carbons (Fsp3) is 0.353. The lowest BCUT2D eigenvalue weighted by atomic mass is 9.83. The highest BCUT2D eigenvalue weighted by Crippen LogP contribution is 2.38. The molecule has 0 radical (unpaired) electrons. The van der Waals surface area contributed by atoms with E-state index in [2.05, 4.69) is 38.8 Å². The van der Waals surface area contributed by atoms with Crippen LogP contribution >= 0.6 is 0 Å². The van der Waals surface area contributed by atoms with Crippen LogP contribution in [0.5, 0.6) is 5.75 Å². The van der Waals surface area contributed by atoms with Gasteiger partial charge in [-0.15, -0.1) is 0 Å². The Morgan fingerprint density at radius 3 is 2.43 bits per heavy atom. The molecule has 2 N–H and O–H groups in total. The Morgan fingerprint density at radius 2 is 1.86 bits per heavy atom. The SMILES string of the molecule is C[SiH](C)Oc1ccnc(-c2cccc(N)c2)c1C(C)(C)C. The maximum Gasteiger partial charge on any atom is 0.229 e. The first-order valence-corrected chi connectivity index (χ1v) is 10.1. The number of nitrogens with zero attached hydrogens (tertiary/aromatic N) is 1. The van der Waals surface area contributed by atoms with Gasteiger partial charge in [0.25, 0.3) is 0 Å². The molecule has 0 aliphatic rings. The van der Waals surface area contributed by atoms with Gasteiger partial charge in [0.05, 0.1) is 5.69 Å². The summed E-state index contributed by atoms with van der Waals surface area (Å²) >= 11 is 0. The van der Waals surface area contributed by atoms with Gasteiger partial charge < -0.3 is 10.2 Å². The molecule has 0 aliphatic heterocycles. The van der Waals surface area contributed by atoms with Crippen molar-refractivity contribution in [2.75, 3.05) is 5.73 Å². The van der Waals surface area contributed by atoms with E-state index < -0.39 is 9.04 Å². The van der Waals surface area contributed by atoms with Gasteiger partial charge in [-0.25, -0.2) is 0 Å². The minimum absolute atomic E-state index is 0.0488. The number of rotatable bonds is 3.